The van der Waals surface area contributed by atoms with Gasteiger partial charge in [-0.05, 0) is 68.9 Å². The molecule has 10 heteroatoms. The molecule has 0 atom stereocenters. The van der Waals surface area contributed by atoms with Crippen LogP contribution in [0.4, 0.5) is 10.1 Å². The molecule has 0 spiro atoms. The third-order valence-electron chi connectivity index (χ3n) is 6.70. The number of sulfonamides is 1. The number of aryl methyl sites for hydroxylation is 2. The lowest BCUT2D eigenvalue weighted by Gasteiger charge is -2.31. The molecule has 5 rings (SSSR count). The first kappa shape index (κ1) is 23.6. The second-order valence-electron chi connectivity index (χ2n) is 9.34. The average Bonchev–Trinajstić information content (AvgIpc) is 3.58. The number of nitrogens with zero attached hydrogens (tertiary/aromatic N) is 3. The van der Waals surface area contributed by atoms with Crippen LogP contribution >= 0.6 is 0 Å². The summed E-state index contributed by atoms with van der Waals surface area (Å²) in [5.74, 6) is 0.328. The summed E-state index contributed by atoms with van der Waals surface area (Å²) in [7, 11) is -3.77. The molecule has 2 heterocycles. The summed E-state index contributed by atoms with van der Waals surface area (Å²) in [6.07, 6.45) is 2.83. The van der Waals surface area contributed by atoms with Crippen LogP contribution in [0.25, 0.3) is 11.4 Å². The van der Waals surface area contributed by atoms with Gasteiger partial charge in [-0.3, -0.25) is 4.79 Å². The zero-order chi connectivity index (χ0) is 24.7. The van der Waals surface area contributed by atoms with Crippen LogP contribution in [0, 0.1) is 25.6 Å². The van der Waals surface area contributed by atoms with E-state index in [2.05, 4.69) is 15.5 Å². The van der Waals surface area contributed by atoms with E-state index in [-0.39, 0.29) is 35.6 Å². The predicted molar refractivity (Wildman–Crippen MR) is 128 cm³/mol. The van der Waals surface area contributed by atoms with E-state index in [4.69, 9.17) is 4.52 Å². The van der Waals surface area contributed by atoms with Crippen LogP contribution in [0.2, 0.25) is 0 Å². The molecule has 3 aromatic rings. The minimum absolute atomic E-state index is 0.200. The van der Waals surface area contributed by atoms with Crippen LogP contribution in [-0.4, -0.2) is 41.9 Å². The molecule has 1 aromatic heterocycles. The van der Waals surface area contributed by atoms with E-state index in [9.17, 15) is 17.6 Å². The maximum Gasteiger partial charge on any atom is 0.243 e. The monoisotopic (exact) mass is 498 g/mol. The van der Waals surface area contributed by atoms with Crippen molar-refractivity contribution in [1.82, 2.24) is 14.4 Å². The highest BCUT2D eigenvalue weighted by molar-refractivity contribution is 7.89. The van der Waals surface area contributed by atoms with Gasteiger partial charge in [0, 0.05) is 36.2 Å². The molecule has 0 radical (unpaired) electrons. The van der Waals surface area contributed by atoms with Gasteiger partial charge >= 0.3 is 0 Å². The summed E-state index contributed by atoms with van der Waals surface area (Å²) in [4.78, 5) is 17.3. The maximum atomic E-state index is 13.8. The zero-order valence-electron chi connectivity index (χ0n) is 19.6. The fourth-order valence-electron chi connectivity index (χ4n) is 4.28. The average molecular weight is 499 g/mol. The van der Waals surface area contributed by atoms with Crippen LogP contribution in [0.15, 0.2) is 45.8 Å². The van der Waals surface area contributed by atoms with Crippen molar-refractivity contribution in [3.8, 4) is 11.4 Å². The number of carbonyl (C=O) groups excluding carboxylic acids is 1. The third kappa shape index (κ3) is 4.85. The van der Waals surface area contributed by atoms with Gasteiger partial charge in [0.05, 0.1) is 4.90 Å². The fraction of sp³-hybridized carbons (Fsp3) is 0.400. The van der Waals surface area contributed by atoms with Gasteiger partial charge in [-0.25, -0.2) is 12.8 Å². The lowest BCUT2D eigenvalue weighted by molar-refractivity contribution is -0.120. The van der Waals surface area contributed by atoms with Crippen LogP contribution in [-0.2, 0) is 14.8 Å². The standard InChI is InChI=1S/C25H27FN4O4S/c1-15-4-8-20(14-21(15)26)27-24(31)17-9-11-30(12-10-17)35(32,33)22-13-19(5-3-16(22)2)23-28-25(34-29-23)18-6-7-18/h3-5,8,13-14,17-18H,6-7,9-12H2,1-2H3,(H,27,31). The van der Waals surface area contributed by atoms with Gasteiger partial charge in [0.2, 0.25) is 27.6 Å². The molecule has 2 aromatic carbocycles. The number of hydrogen-bond acceptors (Lipinski definition) is 6. The zero-order valence-corrected chi connectivity index (χ0v) is 20.4. The van der Waals surface area contributed by atoms with Crippen molar-refractivity contribution in [2.45, 2.75) is 50.3 Å². The van der Waals surface area contributed by atoms with Crippen molar-refractivity contribution in [1.29, 1.82) is 0 Å². The molecule has 1 amide bonds. The van der Waals surface area contributed by atoms with Crippen molar-refractivity contribution < 1.29 is 22.1 Å². The van der Waals surface area contributed by atoms with E-state index in [1.54, 1.807) is 44.2 Å². The summed E-state index contributed by atoms with van der Waals surface area (Å²) in [6.45, 7) is 3.85. The Labute approximate surface area is 203 Å². The molecule has 1 aliphatic heterocycles. The predicted octanol–water partition coefficient (Wildman–Crippen LogP) is 4.41. The van der Waals surface area contributed by atoms with E-state index >= 15 is 0 Å². The molecule has 184 valence electrons. The Bertz CT molecular complexity index is 1380. The number of piperidine rings is 1. The first-order valence-electron chi connectivity index (χ1n) is 11.7. The summed E-state index contributed by atoms with van der Waals surface area (Å²) in [5.41, 5.74) is 2.11. The smallest absolute Gasteiger partial charge is 0.243 e. The van der Waals surface area contributed by atoms with E-state index < -0.39 is 10.0 Å². The number of carbonyl (C=O) groups is 1. The van der Waals surface area contributed by atoms with E-state index in [0.29, 0.717) is 52.9 Å². The highest BCUT2D eigenvalue weighted by atomic mass is 32.2. The van der Waals surface area contributed by atoms with Gasteiger partial charge in [0.25, 0.3) is 0 Å². The number of nitrogens with one attached hydrogen (secondary N) is 1. The molecule has 1 saturated carbocycles. The van der Waals surface area contributed by atoms with Gasteiger partial charge in [0.15, 0.2) is 0 Å². The Morgan fingerprint density at radius 1 is 1.06 bits per heavy atom. The third-order valence-corrected chi connectivity index (χ3v) is 8.74. The number of rotatable bonds is 6. The Kier molecular flexibility index (Phi) is 6.18. The normalized spacial score (nSPS) is 17.5. The number of halogens is 1. The number of benzene rings is 2. The van der Waals surface area contributed by atoms with Crippen LogP contribution in [0.3, 0.4) is 0 Å². The molecular formula is C25H27FN4O4S. The lowest BCUT2D eigenvalue weighted by atomic mass is 9.97. The molecule has 1 aliphatic carbocycles. The molecule has 0 unspecified atom stereocenters. The summed E-state index contributed by atoms with van der Waals surface area (Å²) < 4.78 is 47.5. The van der Waals surface area contributed by atoms with E-state index in [0.717, 1.165) is 12.8 Å². The van der Waals surface area contributed by atoms with Crippen molar-refractivity contribution >= 4 is 21.6 Å². The van der Waals surface area contributed by atoms with Crippen molar-refractivity contribution in [3.63, 3.8) is 0 Å². The second-order valence-corrected chi connectivity index (χ2v) is 11.2. The van der Waals surface area contributed by atoms with Crippen molar-refractivity contribution in [2.24, 2.45) is 5.92 Å². The molecule has 35 heavy (non-hydrogen) atoms. The Morgan fingerprint density at radius 3 is 2.46 bits per heavy atom. The molecule has 2 aliphatic rings. The van der Waals surface area contributed by atoms with Gasteiger partial charge in [-0.2, -0.15) is 9.29 Å². The molecule has 2 fully saturated rings. The van der Waals surface area contributed by atoms with Crippen molar-refractivity contribution in [3.05, 3.63) is 59.2 Å². The van der Waals surface area contributed by atoms with E-state index in [1.807, 2.05) is 0 Å². The molecule has 8 nitrogen and oxygen atoms in total. The minimum Gasteiger partial charge on any atom is -0.339 e. The van der Waals surface area contributed by atoms with Crippen LogP contribution in [0.1, 0.15) is 48.6 Å². The van der Waals surface area contributed by atoms with Crippen LogP contribution in [0.5, 0.6) is 0 Å². The second kappa shape index (κ2) is 9.16. The topological polar surface area (TPSA) is 105 Å². The van der Waals surface area contributed by atoms with Gasteiger partial charge < -0.3 is 9.84 Å². The van der Waals surface area contributed by atoms with Crippen molar-refractivity contribution in [2.75, 3.05) is 18.4 Å². The first-order valence-corrected chi connectivity index (χ1v) is 13.2. The molecular weight excluding hydrogens is 471 g/mol. The number of amides is 1. The van der Waals surface area contributed by atoms with Gasteiger partial charge in [-0.1, -0.05) is 23.4 Å². The first-order chi connectivity index (χ1) is 16.7. The summed E-state index contributed by atoms with van der Waals surface area (Å²) in [5, 5.41) is 6.77. The number of aromatic nitrogens is 2. The Hall–Kier alpha value is -3.11. The lowest BCUT2D eigenvalue weighted by Crippen LogP contribution is -2.41. The highest BCUT2D eigenvalue weighted by Crippen LogP contribution is 2.39. The van der Waals surface area contributed by atoms with Crippen LogP contribution < -0.4 is 5.32 Å². The highest BCUT2D eigenvalue weighted by Gasteiger charge is 2.34. The number of hydrogen-bond donors (Lipinski definition) is 1. The summed E-state index contributed by atoms with van der Waals surface area (Å²) >= 11 is 0. The quantitative estimate of drug-likeness (QED) is 0.540. The van der Waals surface area contributed by atoms with E-state index in [1.165, 1.54) is 10.4 Å². The molecule has 0 bridgehead atoms. The fourth-order valence-corrected chi connectivity index (χ4v) is 6.00. The summed E-state index contributed by atoms with van der Waals surface area (Å²) in [6, 6.07) is 9.69. The van der Waals surface area contributed by atoms with Gasteiger partial charge in [0.1, 0.15) is 5.82 Å². The largest absolute Gasteiger partial charge is 0.339 e. The Morgan fingerprint density at radius 2 is 1.77 bits per heavy atom. The van der Waals surface area contributed by atoms with Gasteiger partial charge in [-0.15, -0.1) is 0 Å². The minimum atomic E-state index is -3.77. The number of anilines is 1. The SMILES string of the molecule is Cc1ccc(NC(=O)C2CCN(S(=O)(=O)c3cc(-c4noc(C5CC5)n4)ccc3C)CC2)cc1F. The Balaban J connectivity index is 1.27. The molecule has 1 N–H and O–H groups in total. The maximum absolute atomic E-state index is 13.8. The molecule has 1 saturated heterocycles.